The Hall–Kier alpha value is -0.830. The Balaban J connectivity index is 3.25. The zero-order valence-electron chi connectivity index (χ0n) is 5.83. The minimum Gasteiger partial charge on any atom is -0.353 e. The Morgan fingerprint density at radius 2 is 2.33 bits per heavy atom. The Bertz CT molecular complexity index is 105. The van der Waals surface area contributed by atoms with Gasteiger partial charge in [0.1, 0.15) is 0 Å². The van der Waals surface area contributed by atoms with Crippen molar-refractivity contribution in [1.29, 1.82) is 0 Å². The molecule has 0 rings (SSSR count). The molecule has 0 saturated carbocycles. The average Bonchev–Trinajstić information content (AvgIpc) is 1.80. The molecular weight excluding hydrogens is 114 g/mol. The van der Waals surface area contributed by atoms with Gasteiger partial charge >= 0.3 is 0 Å². The van der Waals surface area contributed by atoms with Gasteiger partial charge in [0.15, 0.2) is 0 Å². The predicted octanol–water partition coefficient (Wildman–Crippen LogP) is 0.0950. The molecule has 0 aliphatic carbocycles. The van der Waals surface area contributed by atoms with Gasteiger partial charge in [-0.25, -0.2) is 0 Å². The summed E-state index contributed by atoms with van der Waals surface area (Å²) in [7, 11) is 1.70. The van der Waals surface area contributed by atoms with Gasteiger partial charge in [-0.05, 0) is 13.1 Å². The summed E-state index contributed by atoms with van der Waals surface area (Å²) in [6.07, 6.45) is 5.21. The first-order chi connectivity index (χ1) is 4.27. The first kappa shape index (κ1) is 8.17. The van der Waals surface area contributed by atoms with E-state index in [4.69, 9.17) is 5.73 Å². The van der Waals surface area contributed by atoms with Crippen LogP contribution in [0.25, 0.3) is 0 Å². The fourth-order valence-electron chi connectivity index (χ4n) is 0.325. The summed E-state index contributed by atoms with van der Waals surface area (Å²) < 4.78 is 0. The third kappa shape index (κ3) is 7.17. The zero-order chi connectivity index (χ0) is 7.11. The summed E-state index contributed by atoms with van der Waals surface area (Å²) in [5, 5.41) is 2.81. The van der Waals surface area contributed by atoms with Gasteiger partial charge < -0.3 is 11.1 Å². The lowest BCUT2D eigenvalue weighted by molar-refractivity contribution is 0.918. The number of nitrogens with one attached hydrogen (secondary N) is 1. The molecule has 0 bridgehead atoms. The van der Waals surface area contributed by atoms with Gasteiger partial charge in [-0.2, -0.15) is 0 Å². The highest BCUT2D eigenvalue weighted by Gasteiger charge is 1.78. The van der Waals surface area contributed by atoms with Crippen LogP contribution < -0.4 is 11.1 Å². The molecule has 1 unspecified atom stereocenters. The maximum atomic E-state index is 5.40. The second-order valence-corrected chi connectivity index (χ2v) is 1.77. The Morgan fingerprint density at radius 1 is 1.67 bits per heavy atom. The van der Waals surface area contributed by atoms with Gasteiger partial charge in [-0.15, -0.1) is 0 Å². The van der Waals surface area contributed by atoms with Crippen molar-refractivity contribution in [3.05, 3.63) is 12.3 Å². The van der Waals surface area contributed by atoms with Crippen LogP contribution in [0.3, 0.4) is 0 Å². The smallest absolute Gasteiger partial charge is 0.0859 e. The number of nitrogens with zero attached hydrogens (tertiary/aromatic N) is 1. The van der Waals surface area contributed by atoms with Gasteiger partial charge in [-0.3, -0.25) is 4.99 Å². The molecule has 0 amide bonds. The van der Waals surface area contributed by atoms with Crippen LogP contribution in [0.15, 0.2) is 17.3 Å². The molecule has 0 aromatic carbocycles. The van der Waals surface area contributed by atoms with E-state index < -0.39 is 0 Å². The lowest BCUT2D eigenvalue weighted by Crippen LogP contribution is -2.12. The first-order valence-corrected chi connectivity index (χ1v) is 2.86. The van der Waals surface area contributed by atoms with Crippen molar-refractivity contribution in [2.75, 3.05) is 7.05 Å². The number of hydrogen-bond donors (Lipinski definition) is 2. The van der Waals surface area contributed by atoms with Gasteiger partial charge in [0.2, 0.25) is 0 Å². The monoisotopic (exact) mass is 127 g/mol. The quantitative estimate of drug-likeness (QED) is 0.417. The lowest BCUT2D eigenvalue weighted by atomic mass is 10.4. The third-order valence-electron chi connectivity index (χ3n) is 0.700. The topological polar surface area (TPSA) is 50.4 Å². The van der Waals surface area contributed by atoms with Crippen LogP contribution in [0.5, 0.6) is 0 Å². The van der Waals surface area contributed by atoms with Crippen molar-refractivity contribution >= 4 is 6.34 Å². The number of aliphatic imine (C=N–C) groups is 1. The molecule has 52 valence electrons. The fraction of sp³-hybridized carbons (Fsp3) is 0.500. The van der Waals surface area contributed by atoms with E-state index in [-0.39, 0.29) is 6.04 Å². The molecule has 0 aliphatic heterocycles. The van der Waals surface area contributed by atoms with Crippen molar-refractivity contribution in [3.8, 4) is 0 Å². The first-order valence-electron chi connectivity index (χ1n) is 2.86. The van der Waals surface area contributed by atoms with Gasteiger partial charge in [0.05, 0.1) is 6.34 Å². The van der Waals surface area contributed by atoms with Crippen molar-refractivity contribution in [1.82, 2.24) is 5.32 Å². The molecule has 3 heteroatoms. The SMILES string of the molecule is CN=CN/C=C/C(C)N. The number of rotatable bonds is 3. The predicted molar refractivity (Wildman–Crippen MR) is 40.3 cm³/mol. The molecule has 0 spiro atoms. The highest BCUT2D eigenvalue weighted by molar-refractivity contribution is 5.55. The maximum Gasteiger partial charge on any atom is 0.0859 e. The van der Waals surface area contributed by atoms with Crippen molar-refractivity contribution < 1.29 is 0 Å². The molecule has 0 heterocycles. The lowest BCUT2D eigenvalue weighted by Gasteiger charge is -1.92. The Morgan fingerprint density at radius 3 is 2.78 bits per heavy atom. The van der Waals surface area contributed by atoms with E-state index in [0.29, 0.717) is 0 Å². The number of nitrogens with two attached hydrogens (primary N) is 1. The van der Waals surface area contributed by atoms with Crippen LogP contribution >= 0.6 is 0 Å². The van der Waals surface area contributed by atoms with Crippen LogP contribution in [0, 0.1) is 0 Å². The van der Waals surface area contributed by atoms with E-state index in [1.165, 1.54) is 0 Å². The van der Waals surface area contributed by atoms with E-state index in [9.17, 15) is 0 Å². The summed E-state index contributed by atoms with van der Waals surface area (Å²) in [6, 6.07) is 0.0998. The molecule has 0 aromatic heterocycles. The van der Waals surface area contributed by atoms with Crippen molar-refractivity contribution in [2.24, 2.45) is 10.7 Å². The van der Waals surface area contributed by atoms with Crippen LogP contribution in [0.2, 0.25) is 0 Å². The van der Waals surface area contributed by atoms with Crippen LogP contribution in [0.4, 0.5) is 0 Å². The van der Waals surface area contributed by atoms with Gasteiger partial charge in [-0.1, -0.05) is 6.08 Å². The zero-order valence-corrected chi connectivity index (χ0v) is 5.83. The van der Waals surface area contributed by atoms with E-state index in [0.717, 1.165) is 0 Å². The highest BCUT2D eigenvalue weighted by Crippen LogP contribution is 1.73. The largest absolute Gasteiger partial charge is 0.353 e. The van der Waals surface area contributed by atoms with Crippen molar-refractivity contribution in [3.63, 3.8) is 0 Å². The molecule has 0 saturated heterocycles. The van der Waals surface area contributed by atoms with E-state index in [2.05, 4.69) is 10.3 Å². The third-order valence-corrected chi connectivity index (χ3v) is 0.700. The van der Waals surface area contributed by atoms with Gasteiger partial charge in [0, 0.05) is 13.1 Å². The normalized spacial score (nSPS) is 15.0. The van der Waals surface area contributed by atoms with E-state index in [1.807, 2.05) is 13.0 Å². The summed E-state index contributed by atoms with van der Waals surface area (Å²) in [5.74, 6) is 0. The van der Waals surface area contributed by atoms with Gasteiger partial charge in [0.25, 0.3) is 0 Å². The minimum absolute atomic E-state index is 0.0998. The molecule has 3 N–H and O–H groups in total. The molecule has 0 fully saturated rings. The molecule has 3 nitrogen and oxygen atoms in total. The Kier molecular flexibility index (Phi) is 4.82. The summed E-state index contributed by atoms with van der Waals surface area (Å²) >= 11 is 0. The Labute approximate surface area is 55.7 Å². The fourth-order valence-corrected chi connectivity index (χ4v) is 0.325. The molecule has 0 aliphatic rings. The second kappa shape index (κ2) is 5.31. The highest BCUT2D eigenvalue weighted by atomic mass is 14.9. The molecule has 0 radical (unpaired) electrons. The van der Waals surface area contributed by atoms with Crippen LogP contribution in [-0.4, -0.2) is 19.4 Å². The molecule has 0 aromatic rings. The molecule has 9 heavy (non-hydrogen) atoms. The summed E-state index contributed by atoms with van der Waals surface area (Å²) in [5.41, 5.74) is 5.40. The summed E-state index contributed by atoms with van der Waals surface area (Å²) in [6.45, 7) is 1.90. The second-order valence-electron chi connectivity index (χ2n) is 1.77. The molecule has 1 atom stereocenters. The standard InChI is InChI=1S/C6H13N3/c1-6(7)3-4-9-5-8-2/h3-6H,7H2,1-2H3,(H,8,9)/b4-3+. The number of hydrogen-bond acceptors (Lipinski definition) is 2. The molecular formula is C6H13N3. The average molecular weight is 127 g/mol. The van der Waals surface area contributed by atoms with E-state index >= 15 is 0 Å². The van der Waals surface area contributed by atoms with Crippen LogP contribution in [0.1, 0.15) is 6.92 Å². The maximum absolute atomic E-state index is 5.40. The summed E-state index contributed by atoms with van der Waals surface area (Å²) in [4.78, 5) is 3.70. The van der Waals surface area contributed by atoms with E-state index in [1.54, 1.807) is 19.6 Å². The minimum atomic E-state index is 0.0998. The van der Waals surface area contributed by atoms with Crippen LogP contribution in [-0.2, 0) is 0 Å². The van der Waals surface area contributed by atoms with Crippen molar-refractivity contribution in [2.45, 2.75) is 13.0 Å².